The summed E-state index contributed by atoms with van der Waals surface area (Å²) in [5.74, 6) is 0.951. The average molecular weight is 221 g/mol. The fourth-order valence-electron chi connectivity index (χ4n) is 1.24. The van der Waals surface area contributed by atoms with Crippen LogP contribution in [-0.2, 0) is 0 Å². The van der Waals surface area contributed by atoms with Gasteiger partial charge in [0.05, 0.1) is 17.9 Å². The monoisotopic (exact) mass is 221 g/mol. The van der Waals surface area contributed by atoms with Crippen LogP contribution in [0.2, 0.25) is 0 Å². The number of hydrogen-bond donors (Lipinski definition) is 1. The fraction of sp³-hybridized carbons (Fsp3) is 0.455. The van der Waals surface area contributed by atoms with Crippen LogP contribution in [-0.4, -0.2) is 10.1 Å². The Morgan fingerprint density at radius 1 is 1.38 bits per heavy atom. The average Bonchev–Trinajstić information content (AvgIpc) is 2.85. The molecule has 0 fully saturated rings. The summed E-state index contributed by atoms with van der Waals surface area (Å²) in [6.45, 7) is 6.08. The predicted molar refractivity (Wildman–Crippen MR) is 58.4 cm³/mol. The highest BCUT2D eigenvalue weighted by Crippen LogP contribution is 2.30. The molecule has 0 amide bonds. The van der Waals surface area contributed by atoms with Gasteiger partial charge in [-0.3, -0.25) is 0 Å². The Morgan fingerprint density at radius 3 is 2.69 bits per heavy atom. The zero-order valence-electron chi connectivity index (χ0n) is 9.60. The lowest BCUT2D eigenvalue weighted by Crippen LogP contribution is -2.26. The van der Waals surface area contributed by atoms with Crippen molar-refractivity contribution >= 4 is 0 Å². The van der Waals surface area contributed by atoms with Crippen molar-refractivity contribution in [3.63, 3.8) is 0 Å². The minimum absolute atomic E-state index is 0.111. The van der Waals surface area contributed by atoms with E-state index in [1.54, 1.807) is 18.6 Å². The standard InChI is InChI=1S/C11H15N3O2/c1-11(2,3)8(12)10-13-9(14-16-10)7-4-5-15-6-7/h4-6,8H,12H2,1-3H3/t8-/m1/s1. The normalized spacial score (nSPS) is 14.0. The summed E-state index contributed by atoms with van der Waals surface area (Å²) in [6, 6.07) is 1.50. The van der Waals surface area contributed by atoms with Crippen LogP contribution in [0.3, 0.4) is 0 Å². The summed E-state index contributed by atoms with van der Waals surface area (Å²) < 4.78 is 10.1. The quantitative estimate of drug-likeness (QED) is 0.842. The Hall–Kier alpha value is -1.62. The maximum absolute atomic E-state index is 6.02. The molecular weight excluding hydrogens is 206 g/mol. The van der Waals surface area contributed by atoms with E-state index in [1.165, 1.54) is 0 Å². The first-order valence-corrected chi connectivity index (χ1v) is 5.10. The second-order valence-electron chi connectivity index (χ2n) is 4.81. The molecule has 0 aliphatic rings. The minimum Gasteiger partial charge on any atom is -0.472 e. The summed E-state index contributed by atoms with van der Waals surface area (Å²) in [7, 11) is 0. The van der Waals surface area contributed by atoms with Crippen molar-refractivity contribution in [1.29, 1.82) is 0 Å². The van der Waals surface area contributed by atoms with Gasteiger partial charge in [0.2, 0.25) is 11.7 Å². The highest BCUT2D eigenvalue weighted by atomic mass is 16.5. The number of aromatic nitrogens is 2. The number of rotatable bonds is 2. The minimum atomic E-state index is -0.277. The SMILES string of the molecule is CC(C)(C)[C@H](N)c1nc(-c2ccoc2)no1. The molecule has 0 aliphatic heterocycles. The third kappa shape index (κ3) is 1.99. The first-order chi connectivity index (χ1) is 7.48. The van der Waals surface area contributed by atoms with Crippen LogP contribution in [0, 0.1) is 5.41 Å². The molecule has 0 saturated heterocycles. The van der Waals surface area contributed by atoms with Gasteiger partial charge in [-0.15, -0.1) is 0 Å². The molecule has 2 aromatic heterocycles. The molecule has 5 nitrogen and oxygen atoms in total. The molecule has 2 N–H and O–H groups in total. The topological polar surface area (TPSA) is 78.1 Å². The van der Waals surface area contributed by atoms with Crippen molar-refractivity contribution in [3.05, 3.63) is 24.5 Å². The van der Waals surface area contributed by atoms with E-state index in [0.717, 1.165) is 5.56 Å². The fourth-order valence-corrected chi connectivity index (χ4v) is 1.24. The molecule has 86 valence electrons. The summed E-state index contributed by atoms with van der Waals surface area (Å²) in [5.41, 5.74) is 6.70. The highest BCUT2D eigenvalue weighted by molar-refractivity contribution is 5.51. The molecule has 0 radical (unpaired) electrons. The van der Waals surface area contributed by atoms with Crippen molar-refractivity contribution in [3.8, 4) is 11.4 Å². The molecule has 2 rings (SSSR count). The molecular formula is C11H15N3O2. The Labute approximate surface area is 93.6 Å². The third-order valence-corrected chi connectivity index (χ3v) is 2.42. The van der Waals surface area contributed by atoms with E-state index in [1.807, 2.05) is 20.8 Å². The van der Waals surface area contributed by atoms with Crippen molar-refractivity contribution in [2.75, 3.05) is 0 Å². The van der Waals surface area contributed by atoms with Crippen LogP contribution in [0.5, 0.6) is 0 Å². The number of nitrogens with zero attached hydrogens (tertiary/aromatic N) is 2. The third-order valence-electron chi connectivity index (χ3n) is 2.42. The van der Waals surface area contributed by atoms with Gasteiger partial charge in [-0.2, -0.15) is 4.98 Å². The van der Waals surface area contributed by atoms with E-state index < -0.39 is 0 Å². The zero-order valence-corrected chi connectivity index (χ0v) is 9.60. The van der Waals surface area contributed by atoms with Gasteiger partial charge in [-0.05, 0) is 11.5 Å². The predicted octanol–water partition coefficient (Wildman–Crippen LogP) is 2.38. The summed E-state index contributed by atoms with van der Waals surface area (Å²) in [4.78, 5) is 4.26. The van der Waals surface area contributed by atoms with E-state index in [-0.39, 0.29) is 11.5 Å². The lowest BCUT2D eigenvalue weighted by atomic mass is 9.87. The van der Waals surface area contributed by atoms with Crippen LogP contribution in [0.4, 0.5) is 0 Å². The van der Waals surface area contributed by atoms with Crippen LogP contribution < -0.4 is 5.73 Å². The van der Waals surface area contributed by atoms with Gasteiger partial charge in [0.25, 0.3) is 0 Å². The Morgan fingerprint density at radius 2 is 2.12 bits per heavy atom. The summed E-state index contributed by atoms with van der Waals surface area (Å²) in [6.07, 6.45) is 3.13. The van der Waals surface area contributed by atoms with Crippen LogP contribution in [0.1, 0.15) is 32.7 Å². The van der Waals surface area contributed by atoms with Crippen LogP contribution >= 0.6 is 0 Å². The molecule has 1 atom stereocenters. The van der Waals surface area contributed by atoms with Gasteiger partial charge in [0.15, 0.2) is 0 Å². The van der Waals surface area contributed by atoms with Gasteiger partial charge in [-0.25, -0.2) is 0 Å². The second-order valence-corrected chi connectivity index (χ2v) is 4.81. The lowest BCUT2D eigenvalue weighted by Gasteiger charge is -2.23. The molecule has 5 heteroatoms. The maximum Gasteiger partial charge on any atom is 0.244 e. The highest BCUT2D eigenvalue weighted by Gasteiger charge is 2.27. The van der Waals surface area contributed by atoms with Crippen LogP contribution in [0.15, 0.2) is 27.5 Å². The van der Waals surface area contributed by atoms with Crippen molar-refractivity contribution in [1.82, 2.24) is 10.1 Å². The van der Waals surface area contributed by atoms with E-state index in [2.05, 4.69) is 10.1 Å². The van der Waals surface area contributed by atoms with Crippen molar-refractivity contribution in [2.45, 2.75) is 26.8 Å². The Balaban J connectivity index is 2.27. The zero-order chi connectivity index (χ0) is 11.8. The van der Waals surface area contributed by atoms with E-state index in [0.29, 0.717) is 11.7 Å². The molecule has 0 spiro atoms. The van der Waals surface area contributed by atoms with E-state index in [4.69, 9.17) is 14.7 Å². The number of furan rings is 1. The number of nitrogens with two attached hydrogens (primary N) is 1. The largest absolute Gasteiger partial charge is 0.472 e. The molecule has 0 unspecified atom stereocenters. The van der Waals surface area contributed by atoms with Gasteiger partial charge < -0.3 is 14.7 Å². The molecule has 2 aromatic rings. The molecule has 2 heterocycles. The Bertz CT molecular complexity index is 454. The maximum atomic E-state index is 6.02. The first kappa shape index (κ1) is 10.9. The van der Waals surface area contributed by atoms with Crippen molar-refractivity contribution in [2.24, 2.45) is 11.1 Å². The van der Waals surface area contributed by atoms with Gasteiger partial charge >= 0.3 is 0 Å². The smallest absolute Gasteiger partial charge is 0.244 e. The van der Waals surface area contributed by atoms with Gasteiger partial charge in [0.1, 0.15) is 6.26 Å². The summed E-state index contributed by atoms with van der Waals surface area (Å²) in [5, 5.41) is 3.87. The lowest BCUT2D eigenvalue weighted by molar-refractivity contribution is 0.253. The summed E-state index contributed by atoms with van der Waals surface area (Å²) >= 11 is 0. The first-order valence-electron chi connectivity index (χ1n) is 5.10. The molecule has 0 saturated carbocycles. The Kier molecular flexibility index (Phi) is 2.55. The van der Waals surface area contributed by atoms with E-state index in [9.17, 15) is 0 Å². The number of hydrogen-bond acceptors (Lipinski definition) is 5. The van der Waals surface area contributed by atoms with E-state index >= 15 is 0 Å². The molecule has 0 aliphatic carbocycles. The van der Waals surface area contributed by atoms with Crippen molar-refractivity contribution < 1.29 is 8.94 Å². The molecule has 0 aromatic carbocycles. The van der Waals surface area contributed by atoms with Gasteiger partial charge in [0, 0.05) is 0 Å². The molecule has 0 bridgehead atoms. The van der Waals surface area contributed by atoms with Crippen LogP contribution in [0.25, 0.3) is 11.4 Å². The molecule has 16 heavy (non-hydrogen) atoms. The second kappa shape index (κ2) is 3.75. The van der Waals surface area contributed by atoms with Gasteiger partial charge in [-0.1, -0.05) is 25.9 Å².